The largest absolute Gasteiger partial charge is 0.453 e. The summed E-state index contributed by atoms with van der Waals surface area (Å²) in [5.74, 6) is -0.873. The van der Waals surface area contributed by atoms with Crippen LogP contribution in [0.1, 0.15) is 29.1 Å². The monoisotopic (exact) mass is 333 g/mol. The lowest BCUT2D eigenvalue weighted by Gasteiger charge is -2.10. The molecule has 2 aromatic heterocycles. The van der Waals surface area contributed by atoms with Gasteiger partial charge in [-0.3, -0.25) is 0 Å². The van der Waals surface area contributed by atoms with E-state index in [4.69, 9.17) is 0 Å². The quantitative estimate of drug-likeness (QED) is 0.777. The fraction of sp³-hybridized carbons (Fsp3) is 0.312. The first-order chi connectivity index (χ1) is 11.4. The molecule has 0 saturated heterocycles. The number of nitrogens with one attached hydrogen (secondary N) is 1. The van der Waals surface area contributed by atoms with Gasteiger partial charge in [0.1, 0.15) is 5.82 Å². The second-order valence-electron chi connectivity index (χ2n) is 5.89. The van der Waals surface area contributed by atoms with E-state index in [1.165, 1.54) is 11.1 Å². The van der Waals surface area contributed by atoms with E-state index >= 15 is 0 Å². The molecule has 1 N–H and O–H groups in total. The van der Waals surface area contributed by atoms with E-state index < -0.39 is 12.0 Å². The minimum atomic E-state index is -4.60. The summed E-state index contributed by atoms with van der Waals surface area (Å²) < 4.78 is 39.6. The molecule has 1 aliphatic rings. The molecule has 0 unspecified atom stereocenters. The predicted molar refractivity (Wildman–Crippen MR) is 82.3 cm³/mol. The third kappa shape index (κ3) is 2.57. The number of fused-ring (bicyclic) bond motifs is 2. The second-order valence-corrected chi connectivity index (χ2v) is 5.89. The first-order valence-electron chi connectivity index (χ1n) is 7.60. The zero-order valence-electron chi connectivity index (χ0n) is 12.9. The highest BCUT2D eigenvalue weighted by molar-refractivity contribution is 5.61. The molecule has 2 heterocycles. The van der Waals surface area contributed by atoms with Crippen molar-refractivity contribution >= 4 is 17.3 Å². The van der Waals surface area contributed by atoms with Crippen LogP contribution in [-0.4, -0.2) is 19.6 Å². The first kappa shape index (κ1) is 14.9. The molecule has 8 heteroatoms. The zero-order valence-corrected chi connectivity index (χ0v) is 12.9. The SMILES string of the molecule is Cc1cc(Nc2ccc3c(c2)CCC3)n2nc(C(F)(F)F)nc2n1. The molecule has 1 aliphatic carbocycles. The van der Waals surface area contributed by atoms with E-state index in [0.717, 1.165) is 29.5 Å². The number of benzene rings is 1. The van der Waals surface area contributed by atoms with Gasteiger partial charge in [0.15, 0.2) is 0 Å². The van der Waals surface area contributed by atoms with Crippen molar-refractivity contribution < 1.29 is 13.2 Å². The lowest BCUT2D eigenvalue weighted by atomic mass is 10.1. The van der Waals surface area contributed by atoms with Crippen molar-refractivity contribution in [2.75, 3.05) is 5.32 Å². The first-order valence-corrected chi connectivity index (χ1v) is 7.60. The third-order valence-electron chi connectivity index (χ3n) is 4.06. The molecule has 4 rings (SSSR count). The van der Waals surface area contributed by atoms with Gasteiger partial charge < -0.3 is 5.32 Å². The Hall–Kier alpha value is -2.64. The van der Waals surface area contributed by atoms with Crippen LogP contribution < -0.4 is 5.32 Å². The Balaban J connectivity index is 1.77. The van der Waals surface area contributed by atoms with Crippen LogP contribution in [0.5, 0.6) is 0 Å². The molecular weight excluding hydrogens is 319 g/mol. The molecule has 124 valence electrons. The minimum Gasteiger partial charge on any atom is -0.340 e. The molecule has 0 amide bonds. The van der Waals surface area contributed by atoms with Gasteiger partial charge in [0.25, 0.3) is 11.6 Å². The Bertz CT molecular complexity index is 929. The number of alkyl halides is 3. The van der Waals surface area contributed by atoms with E-state index in [0.29, 0.717) is 11.5 Å². The standard InChI is InChI=1S/C16H14F3N5/c1-9-7-13(21-12-6-5-10-3-2-4-11(10)8-12)24-15(20-9)22-14(23-24)16(17,18)19/h5-8,21H,2-4H2,1H3. The molecule has 0 fully saturated rings. The van der Waals surface area contributed by atoms with Crippen LogP contribution >= 0.6 is 0 Å². The number of anilines is 2. The molecular formula is C16H14F3N5. The van der Waals surface area contributed by atoms with Gasteiger partial charge in [-0.1, -0.05) is 6.07 Å². The summed E-state index contributed by atoms with van der Waals surface area (Å²) in [5.41, 5.74) is 3.98. The molecule has 5 nitrogen and oxygen atoms in total. The number of halogens is 3. The molecule has 0 atom stereocenters. The Labute approximate surface area is 135 Å². The van der Waals surface area contributed by atoms with Crippen molar-refractivity contribution in [3.63, 3.8) is 0 Å². The van der Waals surface area contributed by atoms with Gasteiger partial charge in [-0.05, 0) is 49.4 Å². The maximum absolute atomic E-state index is 12.8. The highest BCUT2D eigenvalue weighted by Gasteiger charge is 2.36. The summed E-state index contributed by atoms with van der Waals surface area (Å²) in [6.45, 7) is 1.70. The number of hydrogen-bond acceptors (Lipinski definition) is 4. The van der Waals surface area contributed by atoms with Gasteiger partial charge in [0.05, 0.1) is 0 Å². The van der Waals surface area contributed by atoms with Crippen molar-refractivity contribution in [2.24, 2.45) is 0 Å². The Morgan fingerprint density at radius 2 is 1.88 bits per heavy atom. The molecule has 0 saturated carbocycles. The topological polar surface area (TPSA) is 55.1 Å². The van der Waals surface area contributed by atoms with Crippen LogP contribution in [0.3, 0.4) is 0 Å². The minimum absolute atomic E-state index is 0.0778. The zero-order chi connectivity index (χ0) is 16.9. The summed E-state index contributed by atoms with van der Waals surface area (Å²) in [6.07, 6.45) is -1.37. The Morgan fingerprint density at radius 3 is 2.67 bits per heavy atom. The second kappa shape index (κ2) is 5.19. The number of hydrogen-bond donors (Lipinski definition) is 1. The van der Waals surface area contributed by atoms with Crippen molar-refractivity contribution in [3.05, 3.63) is 46.9 Å². The highest BCUT2D eigenvalue weighted by atomic mass is 19.4. The lowest BCUT2D eigenvalue weighted by molar-refractivity contribution is -0.144. The summed E-state index contributed by atoms with van der Waals surface area (Å²) in [4.78, 5) is 7.50. The maximum Gasteiger partial charge on any atom is 0.453 e. The van der Waals surface area contributed by atoms with Crippen LogP contribution in [0.25, 0.3) is 5.78 Å². The molecule has 0 spiro atoms. The van der Waals surface area contributed by atoms with Gasteiger partial charge in [-0.2, -0.15) is 22.7 Å². The van der Waals surface area contributed by atoms with Gasteiger partial charge in [-0.25, -0.2) is 4.98 Å². The van der Waals surface area contributed by atoms with Crippen molar-refractivity contribution in [1.82, 2.24) is 19.6 Å². The van der Waals surface area contributed by atoms with Crippen LogP contribution in [0, 0.1) is 6.92 Å². The number of aryl methyl sites for hydroxylation is 3. The number of nitrogens with zero attached hydrogens (tertiary/aromatic N) is 4. The molecule has 3 aromatic rings. The highest BCUT2D eigenvalue weighted by Crippen LogP contribution is 2.29. The maximum atomic E-state index is 12.8. The summed E-state index contributed by atoms with van der Waals surface area (Å²) >= 11 is 0. The van der Waals surface area contributed by atoms with E-state index in [1.807, 2.05) is 12.1 Å². The molecule has 1 aromatic carbocycles. The van der Waals surface area contributed by atoms with Crippen molar-refractivity contribution in [3.8, 4) is 0 Å². The van der Waals surface area contributed by atoms with Gasteiger partial charge >= 0.3 is 6.18 Å². The van der Waals surface area contributed by atoms with Gasteiger partial charge in [0, 0.05) is 17.4 Å². The Kier molecular flexibility index (Phi) is 3.22. The smallest absolute Gasteiger partial charge is 0.340 e. The molecule has 24 heavy (non-hydrogen) atoms. The fourth-order valence-electron chi connectivity index (χ4n) is 2.99. The van der Waals surface area contributed by atoms with Crippen LogP contribution in [0.4, 0.5) is 24.7 Å². The van der Waals surface area contributed by atoms with Crippen molar-refractivity contribution in [1.29, 1.82) is 0 Å². The predicted octanol–water partition coefficient (Wildman–Crippen LogP) is 3.68. The average Bonchev–Trinajstić information content (AvgIpc) is 3.12. The van der Waals surface area contributed by atoms with Crippen LogP contribution in [0.2, 0.25) is 0 Å². The number of aromatic nitrogens is 4. The summed E-state index contributed by atoms with van der Waals surface area (Å²) in [6, 6.07) is 7.66. The van der Waals surface area contributed by atoms with E-state index in [9.17, 15) is 13.2 Å². The summed E-state index contributed by atoms with van der Waals surface area (Å²) in [7, 11) is 0. The van der Waals surface area contributed by atoms with E-state index in [2.05, 4.69) is 26.4 Å². The van der Waals surface area contributed by atoms with Crippen LogP contribution in [0.15, 0.2) is 24.3 Å². The van der Waals surface area contributed by atoms with Crippen LogP contribution in [-0.2, 0) is 19.0 Å². The average molecular weight is 333 g/mol. The third-order valence-corrected chi connectivity index (χ3v) is 4.06. The molecule has 0 aliphatic heterocycles. The van der Waals surface area contributed by atoms with Gasteiger partial charge in [-0.15, -0.1) is 5.10 Å². The van der Waals surface area contributed by atoms with E-state index in [1.54, 1.807) is 13.0 Å². The fourth-order valence-corrected chi connectivity index (χ4v) is 2.99. The number of rotatable bonds is 2. The normalized spacial score (nSPS) is 14.2. The van der Waals surface area contributed by atoms with Gasteiger partial charge in [0.2, 0.25) is 0 Å². The van der Waals surface area contributed by atoms with E-state index in [-0.39, 0.29) is 5.78 Å². The lowest BCUT2D eigenvalue weighted by Crippen LogP contribution is -2.08. The summed E-state index contributed by atoms with van der Waals surface area (Å²) in [5, 5.41) is 6.68. The molecule has 0 radical (unpaired) electrons. The molecule has 0 bridgehead atoms. The Morgan fingerprint density at radius 1 is 1.08 bits per heavy atom. The van der Waals surface area contributed by atoms with Crippen molar-refractivity contribution in [2.45, 2.75) is 32.4 Å².